The number of aromatic nitrogens is 3. The first-order valence-electron chi connectivity index (χ1n) is 7.34. The SMILES string of the molecule is COc1cccc(C(CN)(c2cccnc2)c2cccnc2)n1. The number of nitrogens with two attached hydrogens (primary N) is 1. The number of methoxy groups -OCH3 is 1. The summed E-state index contributed by atoms with van der Waals surface area (Å²) in [6, 6.07) is 13.5. The van der Waals surface area contributed by atoms with Gasteiger partial charge in [0.1, 0.15) is 0 Å². The molecule has 3 aromatic rings. The molecule has 0 fully saturated rings. The number of ether oxygens (including phenoxy) is 1. The largest absolute Gasteiger partial charge is 0.481 e. The fourth-order valence-electron chi connectivity index (χ4n) is 2.80. The lowest BCUT2D eigenvalue weighted by Crippen LogP contribution is -2.38. The van der Waals surface area contributed by atoms with Gasteiger partial charge < -0.3 is 10.5 Å². The van der Waals surface area contributed by atoms with Crippen molar-refractivity contribution in [2.24, 2.45) is 5.73 Å². The minimum Gasteiger partial charge on any atom is -0.481 e. The van der Waals surface area contributed by atoms with Crippen LogP contribution in [0.5, 0.6) is 5.88 Å². The monoisotopic (exact) mass is 306 g/mol. The highest BCUT2D eigenvalue weighted by Gasteiger charge is 2.37. The fourth-order valence-corrected chi connectivity index (χ4v) is 2.80. The van der Waals surface area contributed by atoms with Crippen LogP contribution >= 0.6 is 0 Å². The highest BCUT2D eigenvalue weighted by atomic mass is 16.5. The molecule has 0 amide bonds. The van der Waals surface area contributed by atoms with Crippen molar-refractivity contribution in [3.8, 4) is 5.88 Å². The van der Waals surface area contributed by atoms with Gasteiger partial charge in [-0.25, -0.2) is 4.98 Å². The van der Waals surface area contributed by atoms with Crippen LogP contribution in [0.2, 0.25) is 0 Å². The Morgan fingerprint density at radius 1 is 0.957 bits per heavy atom. The quantitative estimate of drug-likeness (QED) is 0.782. The fraction of sp³-hybridized carbons (Fsp3) is 0.167. The smallest absolute Gasteiger partial charge is 0.213 e. The van der Waals surface area contributed by atoms with Crippen molar-refractivity contribution >= 4 is 0 Å². The van der Waals surface area contributed by atoms with Crippen molar-refractivity contribution in [3.63, 3.8) is 0 Å². The van der Waals surface area contributed by atoms with E-state index in [-0.39, 0.29) is 0 Å². The van der Waals surface area contributed by atoms with Gasteiger partial charge in [0, 0.05) is 37.4 Å². The Morgan fingerprint density at radius 2 is 1.61 bits per heavy atom. The Balaban J connectivity index is 2.29. The molecule has 0 aliphatic heterocycles. The molecular weight excluding hydrogens is 288 g/mol. The Morgan fingerprint density at radius 3 is 2.09 bits per heavy atom. The lowest BCUT2D eigenvalue weighted by Gasteiger charge is -2.32. The van der Waals surface area contributed by atoms with E-state index in [1.54, 1.807) is 19.5 Å². The summed E-state index contributed by atoms with van der Waals surface area (Å²) in [5.41, 5.74) is 8.37. The van der Waals surface area contributed by atoms with Crippen LogP contribution in [0, 0.1) is 0 Å². The van der Waals surface area contributed by atoms with Gasteiger partial charge >= 0.3 is 0 Å². The molecular formula is C18H18N4O. The molecule has 0 saturated heterocycles. The molecule has 5 nitrogen and oxygen atoms in total. The van der Waals surface area contributed by atoms with Crippen LogP contribution in [0.1, 0.15) is 16.8 Å². The van der Waals surface area contributed by atoms with Gasteiger partial charge in [0.05, 0.1) is 18.2 Å². The third-order valence-electron chi connectivity index (χ3n) is 3.98. The predicted molar refractivity (Wildman–Crippen MR) is 88.2 cm³/mol. The molecule has 3 heterocycles. The maximum atomic E-state index is 6.26. The molecule has 0 aliphatic carbocycles. The van der Waals surface area contributed by atoms with E-state index in [1.807, 2.05) is 54.9 Å². The Labute approximate surface area is 135 Å². The van der Waals surface area contributed by atoms with E-state index >= 15 is 0 Å². The van der Waals surface area contributed by atoms with Gasteiger partial charge in [-0.3, -0.25) is 9.97 Å². The summed E-state index contributed by atoms with van der Waals surface area (Å²) in [6.45, 7) is 0.338. The molecule has 0 aromatic carbocycles. The predicted octanol–water partition coefficient (Wildman–Crippen LogP) is 2.17. The van der Waals surface area contributed by atoms with E-state index in [4.69, 9.17) is 10.5 Å². The minimum atomic E-state index is -0.628. The van der Waals surface area contributed by atoms with E-state index in [0.29, 0.717) is 12.4 Å². The lowest BCUT2D eigenvalue weighted by atomic mass is 9.73. The zero-order valence-corrected chi connectivity index (χ0v) is 12.9. The first-order chi connectivity index (χ1) is 11.3. The van der Waals surface area contributed by atoms with E-state index < -0.39 is 5.41 Å². The summed E-state index contributed by atoms with van der Waals surface area (Å²) in [5, 5.41) is 0. The maximum Gasteiger partial charge on any atom is 0.213 e. The Hall–Kier alpha value is -2.79. The molecule has 5 heteroatoms. The van der Waals surface area contributed by atoms with Crippen molar-refractivity contribution in [1.82, 2.24) is 15.0 Å². The zero-order chi connectivity index (χ0) is 16.1. The molecule has 0 unspecified atom stereocenters. The zero-order valence-electron chi connectivity index (χ0n) is 12.9. The number of pyridine rings is 3. The van der Waals surface area contributed by atoms with Gasteiger partial charge in [-0.05, 0) is 29.3 Å². The third-order valence-corrected chi connectivity index (χ3v) is 3.98. The maximum absolute atomic E-state index is 6.26. The first-order valence-corrected chi connectivity index (χ1v) is 7.34. The summed E-state index contributed by atoms with van der Waals surface area (Å²) >= 11 is 0. The van der Waals surface area contributed by atoms with E-state index in [0.717, 1.165) is 16.8 Å². The van der Waals surface area contributed by atoms with Gasteiger partial charge in [0.2, 0.25) is 5.88 Å². The average molecular weight is 306 g/mol. The highest BCUT2D eigenvalue weighted by molar-refractivity contribution is 5.47. The molecule has 0 radical (unpaired) electrons. The van der Waals surface area contributed by atoms with Crippen molar-refractivity contribution in [3.05, 3.63) is 84.1 Å². The van der Waals surface area contributed by atoms with Crippen LogP contribution in [-0.2, 0) is 5.41 Å². The number of hydrogen-bond acceptors (Lipinski definition) is 5. The molecule has 2 N–H and O–H groups in total. The first kappa shape index (κ1) is 15.1. The van der Waals surface area contributed by atoms with Gasteiger partial charge in [0.15, 0.2) is 0 Å². The van der Waals surface area contributed by atoms with Gasteiger partial charge in [-0.1, -0.05) is 18.2 Å². The molecule has 0 atom stereocenters. The highest BCUT2D eigenvalue weighted by Crippen LogP contribution is 2.37. The van der Waals surface area contributed by atoms with Crippen LogP contribution < -0.4 is 10.5 Å². The second kappa shape index (κ2) is 6.54. The molecule has 3 rings (SSSR count). The summed E-state index contributed by atoms with van der Waals surface area (Å²) in [7, 11) is 1.60. The second-order valence-corrected chi connectivity index (χ2v) is 5.16. The van der Waals surface area contributed by atoms with Crippen molar-refractivity contribution < 1.29 is 4.74 Å². The second-order valence-electron chi connectivity index (χ2n) is 5.16. The summed E-state index contributed by atoms with van der Waals surface area (Å²) in [6.07, 6.45) is 7.13. The molecule has 0 bridgehead atoms. The van der Waals surface area contributed by atoms with Gasteiger partial charge in [-0.2, -0.15) is 0 Å². The molecule has 0 saturated carbocycles. The number of nitrogens with zero attached hydrogens (tertiary/aromatic N) is 3. The van der Waals surface area contributed by atoms with Crippen LogP contribution in [0.4, 0.5) is 0 Å². The topological polar surface area (TPSA) is 73.9 Å². The Kier molecular flexibility index (Phi) is 4.30. The standard InChI is InChI=1S/C18H18N4O/c1-23-17-8-2-7-16(22-17)18(13-19,14-5-3-9-20-11-14)15-6-4-10-21-12-15/h2-12H,13,19H2,1H3. The molecule has 116 valence electrons. The van der Waals surface area contributed by atoms with Crippen LogP contribution in [0.25, 0.3) is 0 Å². The lowest BCUT2D eigenvalue weighted by molar-refractivity contribution is 0.393. The van der Waals surface area contributed by atoms with E-state index in [2.05, 4.69) is 15.0 Å². The minimum absolute atomic E-state index is 0.338. The molecule has 0 spiro atoms. The van der Waals surface area contributed by atoms with Crippen LogP contribution in [0.15, 0.2) is 67.3 Å². The molecule has 23 heavy (non-hydrogen) atoms. The van der Waals surface area contributed by atoms with Crippen molar-refractivity contribution in [2.75, 3.05) is 13.7 Å². The molecule has 0 aliphatic rings. The summed E-state index contributed by atoms with van der Waals surface area (Å²) in [4.78, 5) is 13.1. The third kappa shape index (κ3) is 2.66. The molecule has 3 aromatic heterocycles. The summed E-state index contributed by atoms with van der Waals surface area (Å²) in [5.74, 6) is 0.549. The van der Waals surface area contributed by atoms with E-state index in [1.165, 1.54) is 0 Å². The average Bonchev–Trinajstić information content (AvgIpc) is 2.65. The Bertz CT molecular complexity index is 723. The van der Waals surface area contributed by atoms with Crippen LogP contribution in [0.3, 0.4) is 0 Å². The van der Waals surface area contributed by atoms with Gasteiger partial charge in [0.25, 0.3) is 0 Å². The number of rotatable bonds is 5. The number of hydrogen-bond donors (Lipinski definition) is 1. The summed E-state index contributed by atoms with van der Waals surface area (Å²) < 4.78 is 5.28. The van der Waals surface area contributed by atoms with E-state index in [9.17, 15) is 0 Å². The van der Waals surface area contributed by atoms with Crippen molar-refractivity contribution in [1.29, 1.82) is 0 Å². The van der Waals surface area contributed by atoms with Crippen LogP contribution in [-0.4, -0.2) is 28.6 Å². The normalized spacial score (nSPS) is 11.2. The van der Waals surface area contributed by atoms with Crippen molar-refractivity contribution in [2.45, 2.75) is 5.41 Å². The van der Waals surface area contributed by atoms with Gasteiger partial charge in [-0.15, -0.1) is 0 Å².